The van der Waals surface area contributed by atoms with Gasteiger partial charge in [0.2, 0.25) is 5.91 Å². The van der Waals surface area contributed by atoms with Crippen molar-refractivity contribution in [1.29, 1.82) is 0 Å². The van der Waals surface area contributed by atoms with Gasteiger partial charge in [-0.05, 0) is 48.1 Å². The van der Waals surface area contributed by atoms with Crippen LogP contribution in [0.15, 0.2) is 71.2 Å². The van der Waals surface area contributed by atoms with Crippen LogP contribution in [0.4, 0.5) is 5.69 Å². The third kappa shape index (κ3) is 5.06. The second-order valence-corrected chi connectivity index (χ2v) is 9.53. The molecule has 1 atom stereocenters. The Morgan fingerprint density at radius 2 is 1.90 bits per heavy atom. The van der Waals surface area contributed by atoms with E-state index in [4.69, 9.17) is 0 Å². The summed E-state index contributed by atoms with van der Waals surface area (Å²) in [5.41, 5.74) is 3.91. The molecular formula is C24H24N4OS2. The number of thiophene rings is 1. The van der Waals surface area contributed by atoms with Crippen LogP contribution < -0.4 is 5.32 Å². The first-order chi connectivity index (χ1) is 15.0. The molecule has 0 fully saturated rings. The number of aryl methyl sites for hydroxylation is 2. The van der Waals surface area contributed by atoms with Crippen LogP contribution in [-0.4, -0.2) is 20.7 Å². The van der Waals surface area contributed by atoms with Gasteiger partial charge in [-0.25, -0.2) is 0 Å². The summed E-state index contributed by atoms with van der Waals surface area (Å²) in [7, 11) is 1.95. The summed E-state index contributed by atoms with van der Waals surface area (Å²) in [5.74, 6) is 0.805. The van der Waals surface area contributed by atoms with Gasteiger partial charge in [0.15, 0.2) is 5.16 Å². The van der Waals surface area contributed by atoms with Crippen LogP contribution in [0.5, 0.6) is 0 Å². The van der Waals surface area contributed by atoms with E-state index in [0.717, 1.165) is 39.8 Å². The predicted molar refractivity (Wildman–Crippen MR) is 128 cm³/mol. The zero-order valence-corrected chi connectivity index (χ0v) is 19.3. The van der Waals surface area contributed by atoms with Crippen molar-refractivity contribution in [1.82, 2.24) is 14.8 Å². The van der Waals surface area contributed by atoms with Gasteiger partial charge in [-0.15, -0.1) is 21.5 Å². The summed E-state index contributed by atoms with van der Waals surface area (Å²) in [6, 6.07) is 20.0. The van der Waals surface area contributed by atoms with E-state index in [1.54, 1.807) is 11.3 Å². The van der Waals surface area contributed by atoms with E-state index in [9.17, 15) is 4.79 Å². The summed E-state index contributed by atoms with van der Waals surface area (Å²) in [5, 5.41) is 14.2. The SMILES string of the molecule is Cc1ccc(C)c(NC(=O)[C@@H](Sc2nnc(Cc3cccs3)n2C)c2ccccc2)c1. The van der Waals surface area contributed by atoms with Crippen LogP contribution in [0, 0.1) is 13.8 Å². The van der Waals surface area contributed by atoms with Crippen molar-refractivity contribution in [2.75, 3.05) is 5.32 Å². The number of anilines is 1. The molecular weight excluding hydrogens is 424 g/mol. The Hall–Kier alpha value is -2.90. The molecule has 0 saturated heterocycles. The number of thioether (sulfide) groups is 1. The molecule has 4 aromatic rings. The maximum atomic E-state index is 13.4. The van der Waals surface area contributed by atoms with Gasteiger partial charge in [0.05, 0.1) is 0 Å². The standard InChI is InChI=1S/C24H24N4OS2/c1-16-11-12-17(2)20(14-16)25-23(29)22(18-8-5-4-6-9-18)31-24-27-26-21(28(24)3)15-19-10-7-13-30-19/h4-14,22H,15H2,1-3H3,(H,25,29)/t22-/m0/s1. The molecule has 1 amide bonds. The van der Waals surface area contributed by atoms with Gasteiger partial charge in [-0.3, -0.25) is 4.79 Å². The molecule has 0 radical (unpaired) electrons. The van der Waals surface area contributed by atoms with Crippen molar-refractivity contribution in [3.05, 3.63) is 93.4 Å². The fourth-order valence-corrected chi connectivity index (χ4v) is 4.97. The normalized spacial score (nSPS) is 12.0. The average Bonchev–Trinajstić information content (AvgIpc) is 3.40. The molecule has 0 aliphatic heterocycles. The summed E-state index contributed by atoms with van der Waals surface area (Å²) >= 11 is 3.12. The fourth-order valence-electron chi connectivity index (χ4n) is 3.25. The first-order valence-electron chi connectivity index (χ1n) is 10.0. The maximum absolute atomic E-state index is 13.4. The molecule has 31 heavy (non-hydrogen) atoms. The maximum Gasteiger partial charge on any atom is 0.242 e. The summed E-state index contributed by atoms with van der Waals surface area (Å²) in [6.07, 6.45) is 0.729. The van der Waals surface area contributed by atoms with Gasteiger partial charge in [0, 0.05) is 24.0 Å². The van der Waals surface area contributed by atoms with Crippen molar-refractivity contribution in [3.63, 3.8) is 0 Å². The molecule has 0 spiro atoms. The van der Waals surface area contributed by atoms with E-state index in [1.165, 1.54) is 16.6 Å². The van der Waals surface area contributed by atoms with Gasteiger partial charge >= 0.3 is 0 Å². The molecule has 2 heterocycles. The monoisotopic (exact) mass is 448 g/mol. The molecule has 2 aromatic carbocycles. The lowest BCUT2D eigenvalue weighted by atomic mass is 10.1. The molecule has 1 N–H and O–H groups in total. The highest BCUT2D eigenvalue weighted by Gasteiger charge is 2.25. The molecule has 0 aliphatic carbocycles. The average molecular weight is 449 g/mol. The minimum Gasteiger partial charge on any atom is -0.325 e. The summed E-state index contributed by atoms with van der Waals surface area (Å²) < 4.78 is 1.98. The predicted octanol–water partition coefficient (Wildman–Crippen LogP) is 5.56. The van der Waals surface area contributed by atoms with Crippen LogP contribution in [0.1, 0.15) is 32.6 Å². The smallest absolute Gasteiger partial charge is 0.242 e. The molecule has 4 rings (SSSR count). The quantitative estimate of drug-likeness (QED) is 0.376. The molecule has 0 bridgehead atoms. The second kappa shape index (κ2) is 9.49. The van der Waals surface area contributed by atoms with Crippen LogP contribution >= 0.6 is 23.1 Å². The van der Waals surface area contributed by atoms with E-state index >= 15 is 0 Å². The van der Waals surface area contributed by atoms with Gasteiger partial charge in [0.25, 0.3) is 0 Å². The Morgan fingerprint density at radius 1 is 1.10 bits per heavy atom. The number of aromatic nitrogens is 3. The van der Waals surface area contributed by atoms with Crippen molar-refractivity contribution in [2.45, 2.75) is 30.7 Å². The van der Waals surface area contributed by atoms with E-state index in [1.807, 2.05) is 80.1 Å². The van der Waals surface area contributed by atoms with Crippen LogP contribution in [0.3, 0.4) is 0 Å². The van der Waals surface area contributed by atoms with Gasteiger partial charge in [0.1, 0.15) is 11.1 Å². The van der Waals surface area contributed by atoms with Gasteiger partial charge in [-0.1, -0.05) is 60.3 Å². The number of carbonyl (C=O) groups is 1. The van der Waals surface area contributed by atoms with Crippen molar-refractivity contribution >= 4 is 34.7 Å². The number of carbonyl (C=O) groups excluding carboxylic acids is 1. The fraction of sp³-hybridized carbons (Fsp3) is 0.208. The zero-order chi connectivity index (χ0) is 21.8. The molecule has 7 heteroatoms. The lowest BCUT2D eigenvalue weighted by Crippen LogP contribution is -2.20. The van der Waals surface area contributed by atoms with E-state index in [-0.39, 0.29) is 5.91 Å². The largest absolute Gasteiger partial charge is 0.325 e. The highest BCUT2D eigenvalue weighted by molar-refractivity contribution is 8.00. The lowest BCUT2D eigenvalue weighted by molar-refractivity contribution is -0.115. The first kappa shape index (κ1) is 21.3. The minimum atomic E-state index is -0.446. The van der Waals surface area contributed by atoms with Gasteiger partial charge in [-0.2, -0.15) is 0 Å². The Bertz CT molecular complexity index is 1170. The van der Waals surface area contributed by atoms with Crippen LogP contribution in [0.2, 0.25) is 0 Å². The van der Waals surface area contributed by atoms with Crippen molar-refractivity contribution in [3.8, 4) is 0 Å². The highest BCUT2D eigenvalue weighted by atomic mass is 32.2. The van der Waals surface area contributed by atoms with E-state index in [0.29, 0.717) is 0 Å². The number of nitrogens with one attached hydrogen (secondary N) is 1. The Balaban J connectivity index is 1.60. The lowest BCUT2D eigenvalue weighted by Gasteiger charge is -2.18. The Morgan fingerprint density at radius 3 is 2.65 bits per heavy atom. The molecule has 158 valence electrons. The van der Waals surface area contributed by atoms with Crippen LogP contribution in [0.25, 0.3) is 0 Å². The second-order valence-electron chi connectivity index (χ2n) is 7.43. The highest BCUT2D eigenvalue weighted by Crippen LogP contribution is 2.36. The Labute approximate surface area is 190 Å². The van der Waals surface area contributed by atoms with E-state index in [2.05, 4.69) is 27.0 Å². The van der Waals surface area contributed by atoms with Crippen LogP contribution in [-0.2, 0) is 18.3 Å². The number of nitrogens with zero attached hydrogens (tertiary/aromatic N) is 3. The number of hydrogen-bond acceptors (Lipinski definition) is 5. The molecule has 0 unspecified atom stereocenters. The summed E-state index contributed by atoms with van der Waals surface area (Å²) in [4.78, 5) is 14.6. The molecule has 5 nitrogen and oxygen atoms in total. The molecule has 2 aromatic heterocycles. The third-order valence-electron chi connectivity index (χ3n) is 5.05. The Kier molecular flexibility index (Phi) is 6.53. The summed E-state index contributed by atoms with van der Waals surface area (Å²) in [6.45, 7) is 4.02. The first-order valence-corrected chi connectivity index (χ1v) is 11.8. The topological polar surface area (TPSA) is 59.8 Å². The van der Waals surface area contributed by atoms with Crippen molar-refractivity contribution < 1.29 is 4.79 Å². The van der Waals surface area contributed by atoms with E-state index < -0.39 is 5.25 Å². The van der Waals surface area contributed by atoms with Gasteiger partial charge < -0.3 is 9.88 Å². The number of hydrogen-bond donors (Lipinski definition) is 1. The minimum absolute atomic E-state index is 0.0762. The zero-order valence-electron chi connectivity index (χ0n) is 17.7. The molecule has 0 saturated carbocycles. The third-order valence-corrected chi connectivity index (χ3v) is 7.22. The number of benzene rings is 2. The number of amides is 1. The molecule has 0 aliphatic rings. The van der Waals surface area contributed by atoms with Crippen molar-refractivity contribution in [2.24, 2.45) is 7.05 Å². The number of rotatable bonds is 7.